The molecule has 7 nitrogen and oxygen atoms in total. The van der Waals surface area contributed by atoms with Gasteiger partial charge in [-0.25, -0.2) is 0 Å². The summed E-state index contributed by atoms with van der Waals surface area (Å²) in [6, 6.07) is 11.4. The molecule has 0 aliphatic carbocycles. The summed E-state index contributed by atoms with van der Waals surface area (Å²) in [6.45, 7) is 0.824. The van der Waals surface area contributed by atoms with Crippen LogP contribution in [0.1, 0.15) is 17.2 Å². The van der Waals surface area contributed by atoms with Crippen LogP contribution in [0.4, 0.5) is 5.69 Å². The highest BCUT2D eigenvalue weighted by Crippen LogP contribution is 2.24. The van der Waals surface area contributed by atoms with Crippen molar-refractivity contribution >= 4 is 5.69 Å². The third-order valence-electron chi connectivity index (χ3n) is 3.64. The lowest BCUT2D eigenvalue weighted by Gasteiger charge is -2.14. The van der Waals surface area contributed by atoms with Gasteiger partial charge in [0, 0.05) is 36.9 Å². The molecule has 128 valence electrons. The first-order chi connectivity index (χ1) is 11.5. The molecule has 0 bridgehead atoms. The number of nitro benzene ring substituents is 1. The molecule has 2 aromatic carbocycles. The maximum Gasteiger partial charge on any atom is 0.269 e. The van der Waals surface area contributed by atoms with Gasteiger partial charge in [-0.05, 0) is 23.8 Å². The highest BCUT2D eigenvalue weighted by Gasteiger charge is 2.11. The number of hydrogen-bond acceptors (Lipinski definition) is 6. The van der Waals surface area contributed by atoms with Crippen molar-refractivity contribution in [1.29, 1.82) is 0 Å². The third-order valence-corrected chi connectivity index (χ3v) is 3.64. The van der Waals surface area contributed by atoms with Gasteiger partial charge in [-0.15, -0.1) is 0 Å². The lowest BCUT2D eigenvalue weighted by Crippen LogP contribution is -2.21. The molecule has 0 heterocycles. The number of hydrogen-bond donors (Lipinski definition) is 2. The van der Waals surface area contributed by atoms with Crippen molar-refractivity contribution in [3.63, 3.8) is 0 Å². The maximum absolute atomic E-state index is 10.6. The van der Waals surface area contributed by atoms with E-state index in [2.05, 4.69) is 5.32 Å². The van der Waals surface area contributed by atoms with E-state index in [1.807, 2.05) is 12.1 Å². The van der Waals surface area contributed by atoms with Gasteiger partial charge in [0.1, 0.15) is 11.5 Å². The summed E-state index contributed by atoms with van der Waals surface area (Å²) in [7, 11) is 3.18. The average Bonchev–Trinajstić information content (AvgIpc) is 2.61. The van der Waals surface area contributed by atoms with Crippen LogP contribution in [-0.2, 0) is 6.54 Å². The van der Waals surface area contributed by atoms with Crippen LogP contribution in [0, 0.1) is 10.1 Å². The highest BCUT2D eigenvalue weighted by atomic mass is 16.6. The van der Waals surface area contributed by atoms with Gasteiger partial charge in [-0.3, -0.25) is 10.1 Å². The van der Waals surface area contributed by atoms with Crippen molar-refractivity contribution in [2.75, 3.05) is 20.8 Å². The lowest BCUT2D eigenvalue weighted by atomic mass is 10.1. The molecule has 24 heavy (non-hydrogen) atoms. The van der Waals surface area contributed by atoms with Gasteiger partial charge >= 0.3 is 0 Å². The van der Waals surface area contributed by atoms with E-state index in [0.29, 0.717) is 30.2 Å². The molecule has 0 amide bonds. The van der Waals surface area contributed by atoms with Crippen molar-refractivity contribution < 1.29 is 19.5 Å². The molecular formula is C17H20N2O5. The fraction of sp³-hybridized carbons (Fsp3) is 0.294. The minimum atomic E-state index is -0.755. The van der Waals surface area contributed by atoms with Crippen molar-refractivity contribution in [1.82, 2.24) is 5.32 Å². The molecule has 0 spiro atoms. The second-order valence-corrected chi connectivity index (χ2v) is 5.17. The predicted octanol–water partition coefficient (Wildman–Crippen LogP) is 2.44. The molecule has 0 saturated carbocycles. The van der Waals surface area contributed by atoms with Crippen LogP contribution in [0.5, 0.6) is 11.5 Å². The summed E-state index contributed by atoms with van der Waals surface area (Å²) in [5.74, 6) is 1.41. The zero-order valence-electron chi connectivity index (χ0n) is 13.6. The van der Waals surface area contributed by atoms with Crippen LogP contribution in [0.2, 0.25) is 0 Å². The predicted molar refractivity (Wildman–Crippen MR) is 89.3 cm³/mol. The molecule has 0 fully saturated rings. The molecule has 1 atom stereocenters. The van der Waals surface area contributed by atoms with E-state index in [9.17, 15) is 15.2 Å². The van der Waals surface area contributed by atoms with E-state index in [-0.39, 0.29) is 5.69 Å². The Morgan fingerprint density at radius 1 is 1.17 bits per heavy atom. The molecule has 0 radical (unpaired) electrons. The van der Waals surface area contributed by atoms with Gasteiger partial charge in [0.2, 0.25) is 0 Å². The largest absolute Gasteiger partial charge is 0.497 e. The van der Waals surface area contributed by atoms with Crippen molar-refractivity contribution in [2.45, 2.75) is 12.6 Å². The topological polar surface area (TPSA) is 93.9 Å². The standard InChI is InChI=1S/C17H20N2O5/c1-23-15-8-5-13(17(9-15)24-2)10-18-11-16(20)12-3-6-14(7-4-12)19(21)22/h3-9,16,18,20H,10-11H2,1-2H3. The number of non-ortho nitro benzene ring substituents is 1. The Morgan fingerprint density at radius 2 is 1.88 bits per heavy atom. The number of ether oxygens (including phenoxy) is 2. The van der Waals surface area contributed by atoms with Crippen molar-refractivity contribution in [3.8, 4) is 11.5 Å². The molecule has 0 aliphatic rings. The number of nitrogens with one attached hydrogen (secondary N) is 1. The number of nitro groups is 1. The van der Waals surface area contributed by atoms with Crippen molar-refractivity contribution in [3.05, 3.63) is 63.7 Å². The monoisotopic (exact) mass is 332 g/mol. The Kier molecular flexibility index (Phi) is 6.11. The Balaban J connectivity index is 1.92. The Hall–Kier alpha value is -2.64. The first-order valence-electron chi connectivity index (χ1n) is 7.39. The van der Waals surface area contributed by atoms with Gasteiger partial charge in [0.05, 0.1) is 25.2 Å². The van der Waals surface area contributed by atoms with Gasteiger partial charge in [-0.2, -0.15) is 0 Å². The molecular weight excluding hydrogens is 312 g/mol. The summed E-state index contributed by atoms with van der Waals surface area (Å²) in [5, 5.41) is 23.9. The molecule has 2 rings (SSSR count). The van der Waals surface area contributed by atoms with Gasteiger partial charge in [-0.1, -0.05) is 6.07 Å². The van der Waals surface area contributed by atoms with Crippen LogP contribution in [0.3, 0.4) is 0 Å². The second kappa shape index (κ2) is 8.28. The van der Waals surface area contributed by atoms with E-state index in [1.54, 1.807) is 32.4 Å². The summed E-state index contributed by atoms with van der Waals surface area (Å²) in [5.41, 5.74) is 1.56. The van der Waals surface area contributed by atoms with E-state index in [0.717, 1.165) is 5.56 Å². The average molecular weight is 332 g/mol. The van der Waals surface area contributed by atoms with Crippen molar-refractivity contribution in [2.24, 2.45) is 0 Å². The summed E-state index contributed by atoms with van der Waals surface area (Å²) in [6.07, 6.45) is -0.755. The first-order valence-corrected chi connectivity index (χ1v) is 7.39. The zero-order valence-corrected chi connectivity index (χ0v) is 13.6. The fourth-order valence-corrected chi connectivity index (χ4v) is 2.28. The Morgan fingerprint density at radius 3 is 2.46 bits per heavy atom. The third kappa shape index (κ3) is 4.43. The summed E-state index contributed by atoms with van der Waals surface area (Å²) in [4.78, 5) is 10.2. The van der Waals surface area contributed by atoms with Crippen LogP contribution in [-0.4, -0.2) is 30.8 Å². The van der Waals surface area contributed by atoms with Crippen LogP contribution in [0.25, 0.3) is 0 Å². The number of nitrogens with zero attached hydrogens (tertiary/aromatic N) is 1. The van der Waals surface area contributed by atoms with Crippen LogP contribution < -0.4 is 14.8 Å². The quantitative estimate of drug-likeness (QED) is 0.569. The summed E-state index contributed by atoms with van der Waals surface area (Å²) < 4.78 is 10.5. The smallest absolute Gasteiger partial charge is 0.269 e. The minimum absolute atomic E-state index is 0.00174. The molecule has 0 aliphatic heterocycles. The number of aliphatic hydroxyl groups is 1. The van der Waals surface area contributed by atoms with Gasteiger partial charge in [0.15, 0.2) is 0 Å². The normalized spacial score (nSPS) is 11.8. The van der Waals surface area contributed by atoms with E-state index in [4.69, 9.17) is 9.47 Å². The number of aliphatic hydroxyl groups excluding tert-OH is 1. The van der Waals surface area contributed by atoms with E-state index < -0.39 is 11.0 Å². The maximum atomic E-state index is 10.6. The molecule has 0 saturated heterocycles. The van der Waals surface area contributed by atoms with Crippen LogP contribution >= 0.6 is 0 Å². The number of rotatable bonds is 8. The number of benzene rings is 2. The molecule has 2 N–H and O–H groups in total. The van der Waals surface area contributed by atoms with Gasteiger partial charge in [0.25, 0.3) is 5.69 Å². The second-order valence-electron chi connectivity index (χ2n) is 5.17. The molecule has 2 aromatic rings. The molecule has 0 aromatic heterocycles. The Labute approximate surface area is 140 Å². The van der Waals surface area contributed by atoms with Gasteiger partial charge < -0.3 is 19.9 Å². The Bertz CT molecular complexity index is 688. The van der Waals surface area contributed by atoms with E-state index >= 15 is 0 Å². The van der Waals surface area contributed by atoms with Crippen LogP contribution in [0.15, 0.2) is 42.5 Å². The highest BCUT2D eigenvalue weighted by molar-refractivity contribution is 5.40. The van der Waals surface area contributed by atoms with E-state index in [1.165, 1.54) is 12.1 Å². The summed E-state index contributed by atoms with van der Waals surface area (Å²) >= 11 is 0. The number of methoxy groups -OCH3 is 2. The minimum Gasteiger partial charge on any atom is -0.497 e. The first kappa shape index (κ1) is 17.7. The fourth-order valence-electron chi connectivity index (χ4n) is 2.28. The zero-order chi connectivity index (χ0) is 17.5. The molecule has 7 heteroatoms. The SMILES string of the molecule is COc1ccc(CNCC(O)c2ccc([N+](=O)[O-])cc2)c(OC)c1. The lowest BCUT2D eigenvalue weighted by molar-refractivity contribution is -0.384. The molecule has 1 unspecified atom stereocenters.